The zero-order valence-electron chi connectivity index (χ0n) is 13.0. The average molecular weight is 360 g/mol. The summed E-state index contributed by atoms with van der Waals surface area (Å²) in [6.45, 7) is 3.20. The predicted octanol–water partition coefficient (Wildman–Crippen LogP) is 4.58. The molecule has 1 saturated heterocycles. The first-order chi connectivity index (χ1) is 11.8. The molecule has 1 unspecified atom stereocenters. The van der Waals surface area contributed by atoms with Crippen LogP contribution in [0.4, 0.5) is 4.39 Å². The number of hydrogen-bond donors (Lipinski definition) is 0. The smallest absolute Gasteiger partial charge is 0.133 e. The van der Waals surface area contributed by atoms with Crippen LogP contribution in [0.15, 0.2) is 47.2 Å². The van der Waals surface area contributed by atoms with E-state index in [2.05, 4.69) is 27.8 Å². The van der Waals surface area contributed by atoms with E-state index in [0.717, 1.165) is 35.9 Å². The van der Waals surface area contributed by atoms with Crippen LogP contribution in [0.1, 0.15) is 17.4 Å². The van der Waals surface area contributed by atoms with E-state index in [1.54, 1.807) is 34.8 Å². The van der Waals surface area contributed by atoms with Gasteiger partial charge in [0.15, 0.2) is 0 Å². The van der Waals surface area contributed by atoms with Crippen LogP contribution in [-0.2, 0) is 11.3 Å². The molecule has 1 aromatic carbocycles. The summed E-state index contributed by atoms with van der Waals surface area (Å²) in [5.74, 6) is -0.213. The van der Waals surface area contributed by atoms with Gasteiger partial charge in [-0.3, -0.25) is 4.90 Å². The monoisotopic (exact) mass is 360 g/mol. The first kappa shape index (κ1) is 15.9. The molecule has 124 valence electrons. The third-order valence-electron chi connectivity index (χ3n) is 4.06. The number of benzene rings is 1. The maximum absolute atomic E-state index is 13.1. The number of thiazole rings is 1. The van der Waals surface area contributed by atoms with Crippen molar-refractivity contribution in [1.82, 2.24) is 9.88 Å². The van der Waals surface area contributed by atoms with Gasteiger partial charge in [-0.05, 0) is 29.1 Å². The van der Waals surface area contributed by atoms with E-state index >= 15 is 0 Å². The van der Waals surface area contributed by atoms with Gasteiger partial charge in [-0.2, -0.15) is 0 Å². The highest BCUT2D eigenvalue weighted by Crippen LogP contribution is 2.29. The fourth-order valence-electron chi connectivity index (χ4n) is 2.85. The van der Waals surface area contributed by atoms with E-state index in [-0.39, 0.29) is 11.9 Å². The lowest BCUT2D eigenvalue weighted by atomic mass is 10.1. The maximum Gasteiger partial charge on any atom is 0.133 e. The Labute approximate surface area is 148 Å². The number of nitrogens with zero attached hydrogens (tertiary/aromatic N) is 2. The molecule has 0 bridgehead atoms. The summed E-state index contributed by atoms with van der Waals surface area (Å²) in [7, 11) is 0. The van der Waals surface area contributed by atoms with Gasteiger partial charge < -0.3 is 4.74 Å². The topological polar surface area (TPSA) is 25.4 Å². The van der Waals surface area contributed by atoms with Crippen molar-refractivity contribution in [3.05, 3.63) is 64.2 Å². The molecule has 1 aliphatic heterocycles. The molecule has 0 spiro atoms. The number of rotatable bonds is 4. The minimum Gasteiger partial charge on any atom is -0.371 e. The van der Waals surface area contributed by atoms with Crippen molar-refractivity contribution in [2.45, 2.75) is 12.6 Å². The maximum atomic E-state index is 13.1. The molecule has 0 saturated carbocycles. The van der Waals surface area contributed by atoms with E-state index in [4.69, 9.17) is 9.72 Å². The average Bonchev–Trinajstić information content (AvgIpc) is 3.27. The van der Waals surface area contributed by atoms with E-state index < -0.39 is 0 Å². The molecule has 0 N–H and O–H groups in total. The zero-order valence-corrected chi connectivity index (χ0v) is 14.7. The Bertz CT molecular complexity index is 786. The number of halogens is 1. The predicted molar refractivity (Wildman–Crippen MR) is 95.8 cm³/mol. The summed E-state index contributed by atoms with van der Waals surface area (Å²) < 4.78 is 18.9. The quantitative estimate of drug-likeness (QED) is 0.681. The SMILES string of the molecule is Fc1ccc(C2CN(Cc3csc(-c4cccs4)n3)CCO2)cc1. The second-order valence-electron chi connectivity index (χ2n) is 5.77. The van der Waals surface area contributed by atoms with E-state index in [0.29, 0.717) is 6.61 Å². The summed E-state index contributed by atoms with van der Waals surface area (Å²) in [6.07, 6.45) is -0.00486. The molecule has 1 aliphatic rings. The normalized spacial score (nSPS) is 18.8. The summed E-state index contributed by atoms with van der Waals surface area (Å²) in [4.78, 5) is 8.32. The van der Waals surface area contributed by atoms with Crippen LogP contribution in [0, 0.1) is 5.82 Å². The lowest BCUT2D eigenvalue weighted by Crippen LogP contribution is -2.37. The molecule has 0 radical (unpaired) electrons. The van der Waals surface area contributed by atoms with Crippen LogP contribution in [0.2, 0.25) is 0 Å². The van der Waals surface area contributed by atoms with Gasteiger partial charge in [0.1, 0.15) is 10.8 Å². The van der Waals surface area contributed by atoms with Gasteiger partial charge in [-0.1, -0.05) is 18.2 Å². The van der Waals surface area contributed by atoms with Crippen molar-refractivity contribution in [3.8, 4) is 9.88 Å². The van der Waals surface area contributed by atoms with Gasteiger partial charge in [0.25, 0.3) is 0 Å². The van der Waals surface area contributed by atoms with E-state index in [1.165, 1.54) is 17.0 Å². The third kappa shape index (κ3) is 3.57. The van der Waals surface area contributed by atoms with Crippen molar-refractivity contribution in [3.63, 3.8) is 0 Å². The molecule has 24 heavy (non-hydrogen) atoms. The number of hydrogen-bond acceptors (Lipinski definition) is 5. The first-order valence-corrected chi connectivity index (χ1v) is 9.61. The van der Waals surface area contributed by atoms with Crippen LogP contribution in [-0.4, -0.2) is 29.6 Å². The van der Waals surface area contributed by atoms with Crippen LogP contribution in [0.3, 0.4) is 0 Å². The Morgan fingerprint density at radius 2 is 2.08 bits per heavy atom. The molecule has 4 rings (SSSR count). The third-order valence-corrected chi connectivity index (χ3v) is 5.99. The minimum absolute atomic E-state index is 0.00486. The molecule has 2 aromatic heterocycles. The molecule has 6 heteroatoms. The highest BCUT2D eigenvalue weighted by molar-refractivity contribution is 7.20. The summed E-state index contributed by atoms with van der Waals surface area (Å²) in [5, 5.41) is 5.30. The molecular weight excluding hydrogens is 343 g/mol. The highest BCUT2D eigenvalue weighted by Gasteiger charge is 2.22. The lowest BCUT2D eigenvalue weighted by molar-refractivity contribution is -0.0332. The van der Waals surface area contributed by atoms with E-state index in [1.807, 2.05) is 0 Å². The number of aromatic nitrogens is 1. The summed E-state index contributed by atoms with van der Waals surface area (Å²) >= 11 is 3.41. The van der Waals surface area contributed by atoms with Gasteiger partial charge in [-0.15, -0.1) is 22.7 Å². The second-order valence-corrected chi connectivity index (χ2v) is 7.57. The van der Waals surface area contributed by atoms with Crippen LogP contribution >= 0.6 is 22.7 Å². The van der Waals surface area contributed by atoms with Gasteiger partial charge in [0.2, 0.25) is 0 Å². The Morgan fingerprint density at radius 3 is 2.88 bits per heavy atom. The van der Waals surface area contributed by atoms with Crippen molar-refractivity contribution in [2.24, 2.45) is 0 Å². The fourth-order valence-corrected chi connectivity index (χ4v) is 4.47. The lowest BCUT2D eigenvalue weighted by Gasteiger charge is -2.32. The van der Waals surface area contributed by atoms with Gasteiger partial charge in [0, 0.05) is 25.0 Å². The first-order valence-electron chi connectivity index (χ1n) is 7.85. The Morgan fingerprint density at radius 1 is 1.21 bits per heavy atom. The molecule has 0 amide bonds. The minimum atomic E-state index is -0.213. The Hall–Kier alpha value is -1.60. The molecule has 3 aromatic rings. The largest absolute Gasteiger partial charge is 0.371 e. The van der Waals surface area contributed by atoms with Gasteiger partial charge in [0.05, 0.1) is 23.3 Å². The zero-order chi connectivity index (χ0) is 16.4. The van der Waals surface area contributed by atoms with Gasteiger partial charge in [-0.25, -0.2) is 9.37 Å². The van der Waals surface area contributed by atoms with Crippen molar-refractivity contribution >= 4 is 22.7 Å². The molecule has 1 atom stereocenters. The fraction of sp³-hybridized carbons (Fsp3) is 0.278. The molecular formula is C18H17FN2OS2. The number of thiophene rings is 1. The van der Waals surface area contributed by atoms with Crippen LogP contribution in [0.5, 0.6) is 0 Å². The Balaban J connectivity index is 1.42. The summed E-state index contributed by atoms with van der Waals surface area (Å²) in [5.41, 5.74) is 2.13. The Kier molecular flexibility index (Phi) is 4.71. The molecule has 3 heterocycles. The second kappa shape index (κ2) is 7.11. The van der Waals surface area contributed by atoms with Crippen molar-refractivity contribution in [1.29, 1.82) is 0 Å². The van der Waals surface area contributed by atoms with Crippen molar-refractivity contribution in [2.75, 3.05) is 19.7 Å². The van der Waals surface area contributed by atoms with E-state index in [9.17, 15) is 4.39 Å². The number of ether oxygens (including phenoxy) is 1. The van der Waals surface area contributed by atoms with Crippen LogP contribution < -0.4 is 0 Å². The number of morpholine rings is 1. The standard InChI is InChI=1S/C18H17FN2OS2/c19-14-5-3-13(4-6-14)16-11-21(7-8-22-16)10-15-12-24-18(20-15)17-2-1-9-23-17/h1-6,9,12,16H,7-8,10-11H2. The van der Waals surface area contributed by atoms with Crippen molar-refractivity contribution < 1.29 is 9.13 Å². The van der Waals surface area contributed by atoms with Crippen LogP contribution in [0.25, 0.3) is 9.88 Å². The molecule has 1 fully saturated rings. The highest BCUT2D eigenvalue weighted by atomic mass is 32.1. The molecule has 0 aliphatic carbocycles. The van der Waals surface area contributed by atoms with Gasteiger partial charge >= 0.3 is 0 Å². The molecule has 3 nitrogen and oxygen atoms in total. The summed E-state index contributed by atoms with van der Waals surface area (Å²) in [6, 6.07) is 10.8.